The Labute approximate surface area is 192 Å². The maximum atomic E-state index is 6.11. The lowest BCUT2D eigenvalue weighted by Gasteiger charge is -2.26. The fourth-order valence-corrected chi connectivity index (χ4v) is 4.22. The molecule has 0 amide bonds. The van der Waals surface area contributed by atoms with Crippen LogP contribution in [0.3, 0.4) is 0 Å². The first-order valence-electron chi connectivity index (χ1n) is 11.3. The van der Waals surface area contributed by atoms with Gasteiger partial charge < -0.3 is 29.2 Å². The predicted molar refractivity (Wildman–Crippen MR) is 122 cm³/mol. The van der Waals surface area contributed by atoms with E-state index < -0.39 is 0 Å². The van der Waals surface area contributed by atoms with Crippen molar-refractivity contribution in [2.24, 2.45) is 10.9 Å². The van der Waals surface area contributed by atoms with E-state index in [4.69, 9.17) is 23.9 Å². The van der Waals surface area contributed by atoms with E-state index in [1.807, 2.05) is 18.3 Å². The zero-order valence-corrected chi connectivity index (χ0v) is 19.2. The van der Waals surface area contributed by atoms with E-state index in [0.717, 1.165) is 41.9 Å². The van der Waals surface area contributed by atoms with E-state index in [-0.39, 0.29) is 12.9 Å². The van der Waals surface area contributed by atoms with Crippen molar-refractivity contribution in [3.63, 3.8) is 0 Å². The van der Waals surface area contributed by atoms with Gasteiger partial charge in [0, 0.05) is 48.8 Å². The number of fused-ring (bicyclic) bond motifs is 4. The summed E-state index contributed by atoms with van der Waals surface area (Å²) in [4.78, 5) is 15.8. The van der Waals surface area contributed by atoms with Crippen LogP contribution in [0.2, 0.25) is 0 Å². The highest BCUT2D eigenvalue weighted by atomic mass is 16.7. The van der Waals surface area contributed by atoms with Crippen molar-refractivity contribution in [3.05, 3.63) is 46.2 Å². The Kier molecular flexibility index (Phi) is 6.15. The first kappa shape index (κ1) is 21.7. The van der Waals surface area contributed by atoms with Crippen LogP contribution in [0.5, 0.6) is 11.5 Å². The molecule has 33 heavy (non-hydrogen) atoms. The number of rotatable bonds is 1. The Balaban J connectivity index is 1.69. The summed E-state index contributed by atoms with van der Waals surface area (Å²) in [6.07, 6.45) is 8.09. The summed E-state index contributed by atoms with van der Waals surface area (Å²) in [5.74, 6) is 3.06. The monoisotopic (exact) mass is 451 g/mol. The Morgan fingerprint density at radius 2 is 2.15 bits per heavy atom. The van der Waals surface area contributed by atoms with Crippen LogP contribution in [0.4, 0.5) is 5.82 Å². The molecule has 4 heterocycles. The minimum Gasteiger partial charge on any atom is -0.482 e. The van der Waals surface area contributed by atoms with Gasteiger partial charge in [0.1, 0.15) is 11.7 Å². The number of hydrogen-bond donors (Lipinski definition) is 1. The summed E-state index contributed by atoms with van der Waals surface area (Å²) < 4.78 is 23.3. The van der Waals surface area contributed by atoms with Crippen molar-refractivity contribution in [3.8, 4) is 11.5 Å². The smallest absolute Gasteiger partial charge is 0.231 e. The highest BCUT2D eigenvalue weighted by molar-refractivity contribution is 5.63. The van der Waals surface area contributed by atoms with Gasteiger partial charge >= 0.3 is 0 Å². The second kappa shape index (κ2) is 9.36. The number of nitrogens with zero attached hydrogens (tertiary/aromatic N) is 4. The summed E-state index contributed by atoms with van der Waals surface area (Å²) in [5, 5.41) is 5.16. The lowest BCUT2D eigenvalue weighted by molar-refractivity contribution is 0.0442. The molecule has 1 aromatic carbocycles. The molecule has 0 spiro atoms. The lowest BCUT2D eigenvalue weighted by atomic mass is 10.1. The van der Waals surface area contributed by atoms with Crippen molar-refractivity contribution in [1.29, 1.82) is 0 Å². The molecule has 0 radical (unpaired) electrons. The molecule has 9 heteroatoms. The van der Waals surface area contributed by atoms with Crippen molar-refractivity contribution < 1.29 is 18.9 Å². The van der Waals surface area contributed by atoms with Crippen LogP contribution in [-0.2, 0) is 15.9 Å². The van der Waals surface area contributed by atoms with E-state index in [2.05, 4.69) is 40.2 Å². The number of benzene rings is 1. The molecule has 3 aliphatic rings. The maximum Gasteiger partial charge on any atom is 0.231 e. The Morgan fingerprint density at radius 3 is 3.03 bits per heavy atom. The third kappa shape index (κ3) is 4.51. The highest BCUT2D eigenvalue weighted by Crippen LogP contribution is 2.30. The van der Waals surface area contributed by atoms with Gasteiger partial charge in [0.2, 0.25) is 6.79 Å². The van der Waals surface area contributed by atoms with E-state index in [1.165, 1.54) is 6.33 Å². The zero-order chi connectivity index (χ0) is 22.8. The van der Waals surface area contributed by atoms with E-state index in [1.54, 1.807) is 7.11 Å². The van der Waals surface area contributed by atoms with Crippen molar-refractivity contribution in [2.75, 3.05) is 40.1 Å². The van der Waals surface area contributed by atoms with Crippen LogP contribution in [0, 0.1) is 5.92 Å². The molecule has 3 aliphatic heterocycles. The predicted octanol–water partition coefficient (Wildman–Crippen LogP) is 1.34. The maximum absolute atomic E-state index is 6.11. The molecule has 9 nitrogen and oxygen atoms in total. The number of nitrogens with one attached hydrogen (secondary N) is 1. The summed E-state index contributed by atoms with van der Waals surface area (Å²) in [5.41, 5.74) is 1.88. The van der Waals surface area contributed by atoms with Crippen LogP contribution in [0.15, 0.2) is 29.5 Å². The molecule has 174 valence electrons. The highest BCUT2D eigenvalue weighted by Gasteiger charge is 2.23. The standard InChI is InChI=1S/C24H29N5O4/c1-15-9-25-4-5-29-11-19-17(8-21(29)30-3)7-20-23(33-14-32-20)22(19)28-24-18(10-26-13-27-24)6-16(2)31-12-15/h7-8,10-11,13,15-16,25H,4-6,9,12,14H2,1-3H3/b28-22+. The van der Waals surface area contributed by atoms with Gasteiger partial charge in [-0.25, -0.2) is 15.0 Å². The number of hydrogen-bond acceptors (Lipinski definition) is 9. The molecule has 2 atom stereocenters. The van der Waals surface area contributed by atoms with Gasteiger partial charge in [0.05, 0.1) is 19.8 Å². The number of ether oxygens (including phenoxy) is 4. The van der Waals surface area contributed by atoms with Crippen molar-refractivity contribution in [1.82, 2.24) is 20.2 Å². The molecular weight excluding hydrogens is 422 g/mol. The summed E-state index contributed by atoms with van der Waals surface area (Å²) in [7, 11) is 1.68. The third-order valence-electron chi connectivity index (χ3n) is 5.94. The van der Waals surface area contributed by atoms with Gasteiger partial charge in [0.15, 0.2) is 23.2 Å². The van der Waals surface area contributed by atoms with Crippen LogP contribution >= 0.6 is 0 Å². The first-order chi connectivity index (χ1) is 16.1. The molecule has 0 saturated heterocycles. The Hall–Kier alpha value is -3.17. The van der Waals surface area contributed by atoms with Gasteiger partial charge in [0.25, 0.3) is 0 Å². The van der Waals surface area contributed by atoms with Crippen molar-refractivity contribution in [2.45, 2.75) is 26.4 Å². The average Bonchev–Trinajstić information content (AvgIpc) is 3.29. The lowest BCUT2D eigenvalue weighted by Crippen LogP contribution is -2.38. The van der Waals surface area contributed by atoms with Gasteiger partial charge in [-0.2, -0.15) is 0 Å². The van der Waals surface area contributed by atoms with Crippen LogP contribution in [0.1, 0.15) is 25.0 Å². The second-order valence-electron chi connectivity index (χ2n) is 8.61. The van der Waals surface area contributed by atoms with E-state index >= 15 is 0 Å². The third-order valence-corrected chi connectivity index (χ3v) is 5.94. The van der Waals surface area contributed by atoms with Crippen LogP contribution in [-0.4, -0.2) is 61.1 Å². The molecule has 2 aromatic rings. The molecule has 1 aromatic heterocycles. The van der Waals surface area contributed by atoms with Crippen molar-refractivity contribution >= 4 is 18.1 Å². The average molecular weight is 452 g/mol. The topological polar surface area (TPSA) is 90.3 Å². The summed E-state index contributed by atoms with van der Waals surface area (Å²) >= 11 is 0. The minimum absolute atomic E-state index is 0.0181. The normalized spacial score (nSPS) is 23.5. The fraction of sp³-hybridized carbons (Fsp3) is 0.458. The number of aromatic nitrogens is 2. The first-order valence-corrected chi connectivity index (χ1v) is 11.3. The SMILES string of the molecule is COC1=Cc2cc3c(/c4c2=CN1CCNCC(C)COC(C)Cc1cncnc1\N=4)OCO3. The molecule has 0 fully saturated rings. The van der Waals surface area contributed by atoms with Gasteiger partial charge in [-0.1, -0.05) is 6.92 Å². The molecule has 0 aliphatic carbocycles. The minimum atomic E-state index is 0.0181. The molecule has 2 unspecified atom stereocenters. The van der Waals surface area contributed by atoms with Gasteiger partial charge in [-0.15, -0.1) is 0 Å². The van der Waals surface area contributed by atoms with E-state index in [9.17, 15) is 0 Å². The number of methoxy groups -OCH3 is 1. The largest absolute Gasteiger partial charge is 0.482 e. The molecule has 0 saturated carbocycles. The Morgan fingerprint density at radius 1 is 1.24 bits per heavy atom. The fourth-order valence-electron chi connectivity index (χ4n) is 4.22. The van der Waals surface area contributed by atoms with Gasteiger partial charge in [-0.3, -0.25) is 0 Å². The van der Waals surface area contributed by atoms with E-state index in [0.29, 0.717) is 41.6 Å². The molecular formula is C24H29N5O4. The van der Waals surface area contributed by atoms with Gasteiger partial charge in [-0.05, 0) is 31.0 Å². The molecule has 2 bridgehead atoms. The molecule has 5 rings (SSSR count). The summed E-state index contributed by atoms with van der Waals surface area (Å²) in [6, 6.07) is 1.97. The quantitative estimate of drug-likeness (QED) is 0.695. The van der Waals surface area contributed by atoms with Crippen LogP contribution in [0.25, 0.3) is 12.3 Å². The second-order valence-corrected chi connectivity index (χ2v) is 8.61. The summed E-state index contributed by atoms with van der Waals surface area (Å²) in [6.45, 7) is 7.53. The Bertz CT molecular complexity index is 1180. The molecule has 1 N–H and O–H groups in total. The zero-order valence-electron chi connectivity index (χ0n) is 19.2. The van der Waals surface area contributed by atoms with Crippen LogP contribution < -0.4 is 25.4 Å².